The van der Waals surface area contributed by atoms with E-state index in [1.165, 1.54) is 0 Å². The molecule has 0 radical (unpaired) electrons. The summed E-state index contributed by atoms with van der Waals surface area (Å²) in [7, 11) is 1.61. The third kappa shape index (κ3) is 3.59. The summed E-state index contributed by atoms with van der Waals surface area (Å²) < 4.78 is 16.6. The van der Waals surface area contributed by atoms with Crippen LogP contribution in [0.1, 0.15) is 29.6 Å². The lowest BCUT2D eigenvalue weighted by Crippen LogP contribution is -2.41. The molecule has 2 heterocycles. The highest BCUT2D eigenvalue weighted by molar-refractivity contribution is 5.94. The zero-order chi connectivity index (χ0) is 15.4. The molecule has 5 heteroatoms. The van der Waals surface area contributed by atoms with Gasteiger partial charge in [0, 0.05) is 25.3 Å². The van der Waals surface area contributed by atoms with E-state index in [0.29, 0.717) is 17.9 Å². The molecular formula is C17H23NO4. The monoisotopic (exact) mass is 305 g/mol. The number of carbonyl (C=O) groups is 1. The molecular weight excluding hydrogens is 282 g/mol. The van der Waals surface area contributed by atoms with Crippen LogP contribution in [0.3, 0.4) is 0 Å². The zero-order valence-electron chi connectivity index (χ0n) is 13.0. The van der Waals surface area contributed by atoms with Gasteiger partial charge < -0.3 is 19.1 Å². The number of methoxy groups -OCH3 is 1. The molecule has 0 aromatic heterocycles. The van der Waals surface area contributed by atoms with Crippen LogP contribution in [0, 0.1) is 0 Å². The fourth-order valence-electron chi connectivity index (χ4n) is 3.03. The van der Waals surface area contributed by atoms with Crippen LogP contribution in [0.4, 0.5) is 0 Å². The van der Waals surface area contributed by atoms with E-state index in [9.17, 15) is 4.79 Å². The number of ether oxygens (including phenoxy) is 3. The molecule has 1 amide bonds. The Balaban J connectivity index is 1.52. The first-order valence-corrected chi connectivity index (χ1v) is 7.93. The standard InChI is InChI=1S/C17H23NO4/c1-20-15-4-2-3-13(11-15)17(19)18-8-5-14(6-9-18)22-16-7-10-21-12-16/h2-4,11,14,16H,5-10,12H2,1H3/t16-/m1/s1. The fourth-order valence-corrected chi connectivity index (χ4v) is 3.03. The van der Waals surface area contributed by atoms with Gasteiger partial charge in [-0.2, -0.15) is 0 Å². The van der Waals surface area contributed by atoms with Gasteiger partial charge in [0.1, 0.15) is 5.75 Å². The zero-order valence-corrected chi connectivity index (χ0v) is 13.0. The molecule has 1 aromatic rings. The number of amides is 1. The molecule has 2 saturated heterocycles. The van der Waals surface area contributed by atoms with E-state index in [1.807, 2.05) is 23.1 Å². The average Bonchev–Trinajstić information content (AvgIpc) is 3.08. The van der Waals surface area contributed by atoms with Gasteiger partial charge in [0.2, 0.25) is 0 Å². The maximum atomic E-state index is 12.5. The van der Waals surface area contributed by atoms with Crippen molar-refractivity contribution in [3.05, 3.63) is 29.8 Å². The maximum absolute atomic E-state index is 12.5. The van der Waals surface area contributed by atoms with Crippen LogP contribution in [-0.4, -0.2) is 56.4 Å². The molecule has 1 atom stereocenters. The largest absolute Gasteiger partial charge is 0.497 e. The second-order valence-corrected chi connectivity index (χ2v) is 5.85. The minimum Gasteiger partial charge on any atom is -0.497 e. The van der Waals surface area contributed by atoms with Gasteiger partial charge in [-0.3, -0.25) is 4.79 Å². The molecule has 5 nitrogen and oxygen atoms in total. The lowest BCUT2D eigenvalue weighted by Gasteiger charge is -2.33. The van der Waals surface area contributed by atoms with Crippen molar-refractivity contribution >= 4 is 5.91 Å². The van der Waals surface area contributed by atoms with Crippen molar-refractivity contribution in [2.75, 3.05) is 33.4 Å². The van der Waals surface area contributed by atoms with Crippen LogP contribution in [-0.2, 0) is 9.47 Å². The molecule has 2 aliphatic rings. The SMILES string of the molecule is COc1cccc(C(=O)N2CCC(O[C@@H]3CCOC3)CC2)c1. The quantitative estimate of drug-likeness (QED) is 0.855. The number of hydrogen-bond donors (Lipinski definition) is 0. The molecule has 0 unspecified atom stereocenters. The van der Waals surface area contributed by atoms with Gasteiger partial charge in [-0.15, -0.1) is 0 Å². The molecule has 2 fully saturated rings. The smallest absolute Gasteiger partial charge is 0.253 e. The first kappa shape index (κ1) is 15.3. The van der Waals surface area contributed by atoms with Crippen molar-refractivity contribution in [2.24, 2.45) is 0 Å². The molecule has 120 valence electrons. The van der Waals surface area contributed by atoms with Crippen molar-refractivity contribution in [1.29, 1.82) is 0 Å². The predicted molar refractivity (Wildman–Crippen MR) is 82.2 cm³/mol. The Labute approximate surface area is 131 Å². The summed E-state index contributed by atoms with van der Waals surface area (Å²) in [5, 5.41) is 0. The Kier molecular flexibility index (Phi) is 4.95. The Morgan fingerprint density at radius 1 is 1.23 bits per heavy atom. The molecule has 22 heavy (non-hydrogen) atoms. The van der Waals surface area contributed by atoms with Gasteiger partial charge in [-0.05, 0) is 37.5 Å². The van der Waals surface area contributed by atoms with E-state index in [0.717, 1.165) is 39.0 Å². The Bertz CT molecular complexity index is 505. The third-order valence-corrected chi connectivity index (χ3v) is 4.32. The minimum atomic E-state index is 0.0709. The van der Waals surface area contributed by atoms with Gasteiger partial charge in [0.05, 0.1) is 25.9 Å². The molecule has 0 bridgehead atoms. The fraction of sp³-hybridized carbons (Fsp3) is 0.588. The second-order valence-electron chi connectivity index (χ2n) is 5.85. The predicted octanol–water partition coefficient (Wildman–Crippen LogP) is 2.11. The number of nitrogens with zero attached hydrogens (tertiary/aromatic N) is 1. The number of piperidine rings is 1. The Hall–Kier alpha value is -1.59. The van der Waals surface area contributed by atoms with Crippen LogP contribution >= 0.6 is 0 Å². The van der Waals surface area contributed by atoms with Crippen LogP contribution < -0.4 is 4.74 Å². The molecule has 2 aliphatic heterocycles. The van der Waals surface area contributed by atoms with Crippen LogP contribution in [0.15, 0.2) is 24.3 Å². The van der Waals surface area contributed by atoms with Crippen molar-refractivity contribution in [3.63, 3.8) is 0 Å². The van der Waals surface area contributed by atoms with Crippen molar-refractivity contribution < 1.29 is 19.0 Å². The summed E-state index contributed by atoms with van der Waals surface area (Å²) in [5.41, 5.74) is 0.683. The molecule has 3 rings (SSSR count). The number of carbonyl (C=O) groups excluding carboxylic acids is 1. The average molecular weight is 305 g/mol. The van der Waals surface area contributed by atoms with Gasteiger partial charge in [0.15, 0.2) is 0 Å². The highest BCUT2D eigenvalue weighted by Gasteiger charge is 2.27. The van der Waals surface area contributed by atoms with Crippen molar-refractivity contribution in [1.82, 2.24) is 4.90 Å². The van der Waals surface area contributed by atoms with E-state index in [2.05, 4.69) is 0 Å². The normalized spacial score (nSPS) is 22.8. The van der Waals surface area contributed by atoms with Crippen LogP contribution in [0.2, 0.25) is 0 Å². The summed E-state index contributed by atoms with van der Waals surface area (Å²) in [6, 6.07) is 7.33. The number of rotatable bonds is 4. The highest BCUT2D eigenvalue weighted by Crippen LogP contribution is 2.21. The lowest BCUT2D eigenvalue weighted by molar-refractivity contribution is -0.0408. The van der Waals surface area contributed by atoms with Gasteiger partial charge in [-0.1, -0.05) is 6.07 Å². The van der Waals surface area contributed by atoms with Gasteiger partial charge in [-0.25, -0.2) is 0 Å². The molecule has 0 saturated carbocycles. The lowest BCUT2D eigenvalue weighted by atomic mass is 10.1. The van der Waals surface area contributed by atoms with Crippen molar-refractivity contribution in [2.45, 2.75) is 31.5 Å². The number of likely N-dealkylation sites (tertiary alicyclic amines) is 1. The maximum Gasteiger partial charge on any atom is 0.253 e. The van der Waals surface area contributed by atoms with E-state index in [-0.39, 0.29) is 18.1 Å². The molecule has 0 aliphatic carbocycles. The Morgan fingerprint density at radius 2 is 2.05 bits per heavy atom. The topological polar surface area (TPSA) is 48.0 Å². The number of benzene rings is 1. The van der Waals surface area contributed by atoms with E-state index in [1.54, 1.807) is 13.2 Å². The third-order valence-electron chi connectivity index (χ3n) is 4.32. The number of hydrogen-bond acceptors (Lipinski definition) is 4. The van der Waals surface area contributed by atoms with E-state index in [4.69, 9.17) is 14.2 Å². The summed E-state index contributed by atoms with van der Waals surface area (Å²) in [6.07, 6.45) is 3.27. The first-order valence-electron chi connectivity index (χ1n) is 7.93. The van der Waals surface area contributed by atoms with Crippen LogP contribution in [0.5, 0.6) is 5.75 Å². The molecule has 0 spiro atoms. The minimum absolute atomic E-state index is 0.0709. The summed E-state index contributed by atoms with van der Waals surface area (Å²) in [5.74, 6) is 0.784. The van der Waals surface area contributed by atoms with Crippen LogP contribution in [0.25, 0.3) is 0 Å². The Morgan fingerprint density at radius 3 is 2.73 bits per heavy atom. The highest BCUT2D eigenvalue weighted by atomic mass is 16.5. The van der Waals surface area contributed by atoms with E-state index < -0.39 is 0 Å². The molecule has 1 aromatic carbocycles. The summed E-state index contributed by atoms with van der Waals surface area (Å²) in [6.45, 7) is 3.00. The molecule has 0 N–H and O–H groups in total. The summed E-state index contributed by atoms with van der Waals surface area (Å²) in [4.78, 5) is 14.4. The van der Waals surface area contributed by atoms with Gasteiger partial charge in [0.25, 0.3) is 5.91 Å². The van der Waals surface area contributed by atoms with Crippen molar-refractivity contribution in [3.8, 4) is 5.75 Å². The second kappa shape index (κ2) is 7.11. The summed E-state index contributed by atoms with van der Waals surface area (Å²) >= 11 is 0. The van der Waals surface area contributed by atoms with E-state index >= 15 is 0 Å². The first-order chi connectivity index (χ1) is 10.8. The van der Waals surface area contributed by atoms with Gasteiger partial charge >= 0.3 is 0 Å².